The number of fused-ring (bicyclic) bond motifs is 17. The summed E-state index contributed by atoms with van der Waals surface area (Å²) >= 11 is 0. The van der Waals surface area contributed by atoms with Gasteiger partial charge >= 0.3 is 0 Å². The average molecular weight is 1350 g/mol. The maximum Gasteiger partial charge on any atom is 0.235 e. The minimum atomic E-state index is 0.648. The van der Waals surface area contributed by atoms with Crippen LogP contribution in [0.1, 0.15) is 0 Å². The third-order valence-electron chi connectivity index (χ3n) is 21.1. The molecule has 494 valence electrons. The monoisotopic (exact) mass is 1350 g/mol. The molecule has 16 aromatic carbocycles. The molecule has 0 aliphatic rings. The van der Waals surface area contributed by atoms with Gasteiger partial charge in [-0.25, -0.2) is 24.9 Å². The summed E-state index contributed by atoms with van der Waals surface area (Å²) in [5.41, 5.74) is 20.9. The van der Waals surface area contributed by atoms with Crippen LogP contribution < -0.4 is 0 Å². The number of aromatic nitrogens is 9. The van der Waals surface area contributed by atoms with Crippen LogP contribution >= 0.6 is 0 Å². The van der Waals surface area contributed by atoms with Gasteiger partial charge < -0.3 is 13.7 Å². The highest BCUT2D eigenvalue weighted by atomic mass is 15.2. The van der Waals surface area contributed by atoms with Gasteiger partial charge in [-0.05, 0) is 136 Å². The topological polar surface area (TPSA) is 84.2 Å². The summed E-state index contributed by atoms with van der Waals surface area (Å²) in [5, 5.41) is 15.5. The van der Waals surface area contributed by atoms with E-state index < -0.39 is 0 Å². The molecule has 0 fully saturated rings. The molecule has 0 spiro atoms. The summed E-state index contributed by atoms with van der Waals surface area (Å²) in [4.78, 5) is 25.5. The minimum absolute atomic E-state index is 0.648. The van der Waals surface area contributed by atoms with Gasteiger partial charge in [-0.15, -0.1) is 0 Å². The molecule has 0 radical (unpaired) electrons. The maximum atomic E-state index is 5.31. The van der Waals surface area contributed by atoms with E-state index in [1.54, 1.807) is 0 Å². The van der Waals surface area contributed by atoms with E-state index in [0.717, 1.165) is 77.7 Å². The standard InChI is InChI=1S/C49H31N5.C48H30N4/c1-4-15-32(16-5-1)47-50-48(33-17-6-2-7-18-33)52-49(51-47)38-24-14-19-34-31-36(27-28-37(34)38)54-42-26-13-11-23-40(42)46-44(54)30-29-43-45(46)39-22-10-12-25-41(39)53(43)35-20-8-3-9-21-35;1-3-14-32(15-4-1)47-38-20-9-11-21-41(38)49-48(50-47)52-44-27-25-34(30-40(44)46-36-18-8-7-13-31(36)23-28-45(46)52)33-24-26-43-39(29-33)37-19-10-12-22-42(37)51(43)35-16-5-2-6-17-35/h1-31H;1-30H. The van der Waals surface area contributed by atoms with Gasteiger partial charge in [0.05, 0.1) is 55.3 Å². The second kappa shape index (κ2) is 24.7. The molecule has 6 aromatic heterocycles. The quantitative estimate of drug-likeness (QED) is 0.144. The predicted molar refractivity (Wildman–Crippen MR) is 439 cm³/mol. The van der Waals surface area contributed by atoms with Crippen molar-refractivity contribution in [1.82, 2.24) is 43.2 Å². The SMILES string of the molecule is c1ccc(-c2nc(-c3ccccc3)nc(-c3cccc4cc(-n5c6ccccc6c6c7c8ccccc8n(-c8ccccc8)c7ccc65)ccc34)n2)cc1.c1ccc(-c2nc(-n3c4ccc(-c5ccc6c(c5)c5ccccc5n6-c5ccccc5)cc4c4c5ccccc5ccc43)nc3ccccc23)cc1. The Morgan fingerprint density at radius 1 is 0.189 bits per heavy atom. The smallest absolute Gasteiger partial charge is 0.235 e. The Kier molecular flexibility index (Phi) is 14.1. The zero-order chi connectivity index (χ0) is 69.8. The lowest BCUT2D eigenvalue weighted by molar-refractivity contribution is 1.01. The number of rotatable bonds is 9. The van der Waals surface area contributed by atoms with Crippen LogP contribution in [0.4, 0.5) is 0 Å². The number of para-hydroxylation sites is 6. The molecule has 22 rings (SSSR count). The summed E-state index contributed by atoms with van der Waals surface area (Å²) in [6, 6.07) is 131. The van der Waals surface area contributed by atoms with Crippen molar-refractivity contribution in [3.05, 3.63) is 370 Å². The van der Waals surface area contributed by atoms with E-state index in [9.17, 15) is 0 Å². The summed E-state index contributed by atoms with van der Waals surface area (Å²) < 4.78 is 9.41. The van der Waals surface area contributed by atoms with E-state index in [-0.39, 0.29) is 0 Å². The molecule has 106 heavy (non-hydrogen) atoms. The summed E-state index contributed by atoms with van der Waals surface area (Å²) in [5.74, 6) is 2.61. The van der Waals surface area contributed by atoms with E-state index >= 15 is 0 Å². The highest BCUT2D eigenvalue weighted by Crippen LogP contribution is 2.45. The molecule has 0 unspecified atom stereocenters. The lowest BCUT2D eigenvalue weighted by Gasteiger charge is -2.13. The first kappa shape index (κ1) is 60.4. The fraction of sp³-hybridized carbons (Fsp3) is 0. The number of hydrogen-bond acceptors (Lipinski definition) is 5. The number of benzene rings is 16. The lowest BCUT2D eigenvalue weighted by Crippen LogP contribution is -2.03. The Morgan fingerprint density at radius 2 is 0.623 bits per heavy atom. The molecule has 0 N–H and O–H groups in total. The van der Waals surface area contributed by atoms with Gasteiger partial charge in [0, 0.05) is 87.8 Å². The maximum absolute atomic E-state index is 5.31. The molecule has 0 saturated carbocycles. The van der Waals surface area contributed by atoms with E-state index in [1.807, 2.05) is 72.8 Å². The Morgan fingerprint density at radius 3 is 1.25 bits per heavy atom. The zero-order valence-corrected chi connectivity index (χ0v) is 57.2. The van der Waals surface area contributed by atoms with Gasteiger partial charge in [-0.2, -0.15) is 0 Å². The second-order valence-electron chi connectivity index (χ2n) is 27.1. The van der Waals surface area contributed by atoms with Crippen molar-refractivity contribution >= 4 is 120 Å². The Labute approximate surface area is 608 Å². The van der Waals surface area contributed by atoms with E-state index in [2.05, 4.69) is 316 Å². The van der Waals surface area contributed by atoms with Crippen molar-refractivity contribution in [2.24, 2.45) is 0 Å². The fourth-order valence-electron chi connectivity index (χ4n) is 16.4. The molecule has 0 bridgehead atoms. The van der Waals surface area contributed by atoms with Gasteiger partial charge in [-0.1, -0.05) is 267 Å². The largest absolute Gasteiger partial charge is 0.309 e. The van der Waals surface area contributed by atoms with Gasteiger partial charge in [0.15, 0.2) is 17.5 Å². The Hall–Kier alpha value is -14.4. The number of hydrogen-bond donors (Lipinski definition) is 0. The molecule has 0 amide bonds. The molecule has 0 aliphatic carbocycles. The van der Waals surface area contributed by atoms with Gasteiger partial charge in [0.1, 0.15) is 0 Å². The van der Waals surface area contributed by atoms with Crippen LogP contribution in [0, 0.1) is 0 Å². The van der Waals surface area contributed by atoms with Crippen LogP contribution in [0.15, 0.2) is 370 Å². The van der Waals surface area contributed by atoms with Gasteiger partial charge in [0.2, 0.25) is 5.95 Å². The van der Waals surface area contributed by atoms with Crippen LogP contribution in [0.25, 0.3) is 199 Å². The first-order valence-corrected chi connectivity index (χ1v) is 35.9. The molecule has 0 aliphatic heterocycles. The molecule has 22 aromatic rings. The Balaban J connectivity index is 0.000000136. The van der Waals surface area contributed by atoms with Crippen LogP contribution in [0.2, 0.25) is 0 Å². The van der Waals surface area contributed by atoms with Crippen LogP contribution in [0.5, 0.6) is 0 Å². The lowest BCUT2D eigenvalue weighted by atomic mass is 9.99. The predicted octanol–water partition coefficient (Wildman–Crippen LogP) is 24.5. The normalized spacial score (nSPS) is 11.8. The van der Waals surface area contributed by atoms with Crippen LogP contribution in [-0.4, -0.2) is 43.2 Å². The van der Waals surface area contributed by atoms with Crippen molar-refractivity contribution in [1.29, 1.82) is 0 Å². The van der Waals surface area contributed by atoms with Gasteiger partial charge in [0.25, 0.3) is 0 Å². The molecule has 0 saturated heterocycles. The minimum Gasteiger partial charge on any atom is -0.309 e. The van der Waals surface area contributed by atoms with Gasteiger partial charge in [-0.3, -0.25) is 4.57 Å². The number of nitrogens with zero attached hydrogens (tertiary/aromatic N) is 9. The highest BCUT2D eigenvalue weighted by Gasteiger charge is 2.24. The zero-order valence-electron chi connectivity index (χ0n) is 57.2. The molecule has 6 heterocycles. The second-order valence-corrected chi connectivity index (χ2v) is 27.1. The summed E-state index contributed by atoms with van der Waals surface area (Å²) in [6.45, 7) is 0. The Bertz CT molecular complexity index is 7180. The average Bonchev–Trinajstić information content (AvgIpc) is 1.52. The van der Waals surface area contributed by atoms with Crippen LogP contribution in [-0.2, 0) is 0 Å². The third-order valence-corrected chi connectivity index (χ3v) is 21.1. The van der Waals surface area contributed by atoms with E-state index in [4.69, 9.17) is 24.9 Å². The molecule has 9 nitrogen and oxygen atoms in total. The van der Waals surface area contributed by atoms with Crippen molar-refractivity contribution in [3.8, 4) is 79.6 Å². The van der Waals surface area contributed by atoms with Crippen molar-refractivity contribution in [2.75, 3.05) is 0 Å². The summed E-state index contributed by atoms with van der Waals surface area (Å²) in [7, 11) is 0. The molecular weight excluding hydrogens is 1290 g/mol. The highest BCUT2D eigenvalue weighted by molar-refractivity contribution is 6.29. The fourth-order valence-corrected chi connectivity index (χ4v) is 16.4. The van der Waals surface area contributed by atoms with Crippen molar-refractivity contribution in [3.63, 3.8) is 0 Å². The van der Waals surface area contributed by atoms with E-state index in [0.29, 0.717) is 23.4 Å². The van der Waals surface area contributed by atoms with Crippen molar-refractivity contribution in [2.45, 2.75) is 0 Å². The van der Waals surface area contributed by atoms with Crippen LogP contribution in [0.3, 0.4) is 0 Å². The summed E-state index contributed by atoms with van der Waals surface area (Å²) in [6.07, 6.45) is 0. The first-order chi connectivity index (χ1) is 52.6. The molecule has 0 atom stereocenters. The first-order valence-electron chi connectivity index (χ1n) is 35.9. The third kappa shape index (κ3) is 9.82. The molecular formula is C97H61N9. The van der Waals surface area contributed by atoms with E-state index in [1.165, 1.54) is 98.1 Å². The molecule has 9 heteroatoms. The van der Waals surface area contributed by atoms with Crippen molar-refractivity contribution < 1.29 is 0 Å².